The van der Waals surface area contributed by atoms with Crippen molar-refractivity contribution in [3.8, 4) is 12.3 Å². The largest absolute Gasteiger partial charge is 0.450 e. The molecule has 0 spiro atoms. The molecule has 0 saturated carbocycles. The average Bonchev–Trinajstić information content (AvgIpc) is 2.10. The first-order chi connectivity index (χ1) is 4.14. The second-order valence-corrected chi connectivity index (χ2v) is 5.20. The molecule has 0 aromatic rings. The zero-order chi connectivity index (χ0) is 6.91. The third-order valence-electron chi connectivity index (χ3n) is 0.915. The van der Waals surface area contributed by atoms with E-state index in [1.54, 1.807) is 0 Å². The Morgan fingerprint density at radius 2 is 2.67 bits per heavy atom. The topological polar surface area (TPSA) is 29.5 Å². The van der Waals surface area contributed by atoms with Gasteiger partial charge in [-0.2, -0.15) is 0 Å². The molecular weight excluding hydrogens is 155 g/mol. The predicted molar refractivity (Wildman–Crippen MR) is 39.4 cm³/mol. The third kappa shape index (κ3) is 1.56. The van der Waals surface area contributed by atoms with Crippen molar-refractivity contribution >= 4 is 18.3 Å². The van der Waals surface area contributed by atoms with Crippen molar-refractivity contribution in [1.82, 2.24) is 0 Å². The number of rotatable bonds is 0. The maximum atomic E-state index is 9.05. The van der Waals surface area contributed by atoms with Gasteiger partial charge in [-0.3, -0.25) is 0 Å². The molecule has 1 unspecified atom stereocenters. The molecule has 0 bridgehead atoms. The van der Waals surface area contributed by atoms with E-state index in [-0.39, 0.29) is 0 Å². The lowest BCUT2D eigenvalue weighted by Crippen LogP contribution is -1.81. The van der Waals surface area contributed by atoms with Crippen LogP contribution < -0.4 is 0 Å². The minimum atomic E-state index is -2.52. The maximum Gasteiger partial charge on any atom is 0.239 e. The quantitative estimate of drug-likeness (QED) is 0.420. The van der Waals surface area contributed by atoms with Gasteiger partial charge in [0.25, 0.3) is 0 Å². The summed E-state index contributed by atoms with van der Waals surface area (Å²) >= 11 is 4.65. The van der Waals surface area contributed by atoms with Crippen LogP contribution in [0.3, 0.4) is 0 Å². The van der Waals surface area contributed by atoms with E-state index < -0.39 is 6.49 Å². The summed E-state index contributed by atoms with van der Waals surface area (Å²) in [5, 5.41) is 0. The van der Waals surface area contributed by atoms with Gasteiger partial charge in [0.1, 0.15) is 6.26 Å². The minimum Gasteiger partial charge on any atom is -0.450 e. The van der Waals surface area contributed by atoms with Crippen LogP contribution in [0, 0.1) is 12.3 Å². The normalized spacial score (nSPS) is 32.7. The zero-order valence-corrected chi connectivity index (χ0v) is 6.28. The molecule has 0 amide bonds. The van der Waals surface area contributed by atoms with Crippen LogP contribution in [-0.2, 0) is 16.3 Å². The standard InChI is InChI=1S/C5H5O2PS/c1-2-5-3-7-8(6,9)4-5/h1,3H,4H2,(H,6,9). The molecule has 9 heavy (non-hydrogen) atoms. The van der Waals surface area contributed by atoms with E-state index >= 15 is 0 Å². The van der Waals surface area contributed by atoms with Gasteiger partial charge in [-0.1, -0.05) is 5.92 Å². The first kappa shape index (κ1) is 6.82. The van der Waals surface area contributed by atoms with Crippen LogP contribution >= 0.6 is 6.49 Å². The highest BCUT2D eigenvalue weighted by molar-refractivity contribution is 8.09. The van der Waals surface area contributed by atoms with Crippen molar-refractivity contribution in [2.75, 3.05) is 6.16 Å². The predicted octanol–water partition coefficient (Wildman–Crippen LogP) is 0.835. The number of allylic oxidation sites excluding steroid dienone is 1. The molecule has 1 heterocycles. The van der Waals surface area contributed by atoms with Crippen LogP contribution in [-0.4, -0.2) is 11.1 Å². The van der Waals surface area contributed by atoms with E-state index in [4.69, 9.17) is 15.8 Å². The smallest absolute Gasteiger partial charge is 0.239 e. The molecule has 0 radical (unpaired) electrons. The van der Waals surface area contributed by atoms with Crippen molar-refractivity contribution in [3.05, 3.63) is 11.8 Å². The molecule has 4 heteroatoms. The Hall–Kier alpha value is -0.290. The fraction of sp³-hybridized carbons (Fsp3) is 0.200. The lowest BCUT2D eigenvalue weighted by atomic mass is 10.4. The summed E-state index contributed by atoms with van der Waals surface area (Å²) in [6.07, 6.45) is 6.72. The van der Waals surface area contributed by atoms with Crippen molar-refractivity contribution in [2.45, 2.75) is 0 Å². The molecule has 0 saturated heterocycles. The fourth-order valence-electron chi connectivity index (χ4n) is 0.515. The van der Waals surface area contributed by atoms with Crippen LogP contribution in [0.25, 0.3) is 0 Å². The van der Waals surface area contributed by atoms with E-state index in [2.05, 4.69) is 17.7 Å². The average molecular weight is 160 g/mol. The van der Waals surface area contributed by atoms with Crippen molar-refractivity contribution in [1.29, 1.82) is 0 Å². The molecule has 0 aromatic carbocycles. The molecule has 48 valence electrons. The lowest BCUT2D eigenvalue weighted by molar-refractivity contribution is 0.451. The van der Waals surface area contributed by atoms with Gasteiger partial charge in [-0.25, -0.2) is 0 Å². The molecule has 1 N–H and O–H groups in total. The van der Waals surface area contributed by atoms with E-state index in [0.717, 1.165) is 0 Å². The molecule has 1 rings (SSSR count). The SMILES string of the molecule is C#CC1=COP(O)(=S)C1. The number of hydrogen-bond donors (Lipinski definition) is 1. The van der Waals surface area contributed by atoms with Gasteiger partial charge in [0.05, 0.1) is 6.16 Å². The summed E-state index contributed by atoms with van der Waals surface area (Å²) in [6, 6.07) is 0. The molecule has 0 aromatic heterocycles. The van der Waals surface area contributed by atoms with Gasteiger partial charge in [-0.15, -0.1) is 6.42 Å². The molecule has 1 aliphatic heterocycles. The Balaban J connectivity index is 2.74. The molecule has 1 aliphatic rings. The van der Waals surface area contributed by atoms with Gasteiger partial charge in [0.2, 0.25) is 6.49 Å². The summed E-state index contributed by atoms with van der Waals surface area (Å²) in [5.74, 6) is 2.36. The second kappa shape index (κ2) is 2.15. The Bertz CT molecular complexity index is 238. The summed E-state index contributed by atoms with van der Waals surface area (Å²) in [4.78, 5) is 9.05. The first-order valence-electron chi connectivity index (χ1n) is 2.30. The number of hydrogen-bond acceptors (Lipinski definition) is 2. The van der Waals surface area contributed by atoms with Crippen LogP contribution in [0.15, 0.2) is 11.8 Å². The third-order valence-corrected chi connectivity index (χ3v) is 2.74. The first-order valence-corrected chi connectivity index (χ1v) is 5.16. The van der Waals surface area contributed by atoms with Crippen molar-refractivity contribution < 1.29 is 9.42 Å². The van der Waals surface area contributed by atoms with E-state index in [0.29, 0.717) is 11.7 Å². The second-order valence-electron chi connectivity index (χ2n) is 1.69. The molecular formula is C5H5O2PS. The summed E-state index contributed by atoms with van der Waals surface area (Å²) < 4.78 is 4.72. The Morgan fingerprint density at radius 1 is 2.00 bits per heavy atom. The van der Waals surface area contributed by atoms with Crippen LogP contribution in [0.1, 0.15) is 0 Å². The molecule has 0 fully saturated rings. The summed E-state index contributed by atoms with van der Waals surface area (Å²) in [6.45, 7) is -2.52. The van der Waals surface area contributed by atoms with Gasteiger partial charge in [0, 0.05) is 5.57 Å². The highest BCUT2D eigenvalue weighted by Gasteiger charge is 2.21. The monoisotopic (exact) mass is 160 g/mol. The fourth-order valence-corrected chi connectivity index (χ4v) is 2.02. The zero-order valence-electron chi connectivity index (χ0n) is 4.57. The Kier molecular flexibility index (Phi) is 1.63. The Morgan fingerprint density at radius 3 is 2.89 bits per heavy atom. The molecule has 1 atom stereocenters. The molecule has 2 nitrogen and oxygen atoms in total. The van der Waals surface area contributed by atoms with Crippen molar-refractivity contribution in [3.63, 3.8) is 0 Å². The summed E-state index contributed by atoms with van der Waals surface area (Å²) in [7, 11) is 0. The number of terminal acetylenes is 1. The van der Waals surface area contributed by atoms with Crippen LogP contribution in [0.5, 0.6) is 0 Å². The van der Waals surface area contributed by atoms with Crippen molar-refractivity contribution in [2.24, 2.45) is 0 Å². The van der Waals surface area contributed by atoms with Gasteiger partial charge in [0.15, 0.2) is 0 Å². The minimum absolute atomic E-state index is 0.346. The summed E-state index contributed by atoms with van der Waals surface area (Å²) in [5.41, 5.74) is 0.654. The van der Waals surface area contributed by atoms with Crippen LogP contribution in [0.2, 0.25) is 0 Å². The van der Waals surface area contributed by atoms with Crippen LogP contribution in [0.4, 0.5) is 0 Å². The van der Waals surface area contributed by atoms with E-state index in [1.165, 1.54) is 6.26 Å². The lowest BCUT2D eigenvalue weighted by Gasteiger charge is -2.03. The van der Waals surface area contributed by atoms with Gasteiger partial charge >= 0.3 is 0 Å². The van der Waals surface area contributed by atoms with E-state index in [9.17, 15) is 0 Å². The highest BCUT2D eigenvalue weighted by atomic mass is 32.5. The highest BCUT2D eigenvalue weighted by Crippen LogP contribution is 2.48. The van der Waals surface area contributed by atoms with Gasteiger partial charge in [-0.05, 0) is 11.8 Å². The van der Waals surface area contributed by atoms with Gasteiger partial charge < -0.3 is 9.42 Å². The van der Waals surface area contributed by atoms with E-state index in [1.807, 2.05) is 0 Å². The maximum absolute atomic E-state index is 9.05. The Labute approximate surface area is 58.7 Å². The molecule has 0 aliphatic carbocycles.